The largest absolute Gasteiger partial charge is 0.483 e. The van der Waals surface area contributed by atoms with Gasteiger partial charge in [0.25, 0.3) is 5.91 Å². The molecule has 0 aliphatic carbocycles. The maximum atomic E-state index is 12.3. The zero-order valence-corrected chi connectivity index (χ0v) is 18.8. The Balaban J connectivity index is 1.37. The SMILES string of the molecule is Cc1cccc(OCC(=O)Nc2ccc(-c3csc(-c4ccc(Cl)cc4)n3)cc2)c1C. The van der Waals surface area contributed by atoms with Crippen LogP contribution in [0.15, 0.2) is 72.1 Å². The van der Waals surface area contributed by atoms with E-state index in [4.69, 9.17) is 21.3 Å². The van der Waals surface area contributed by atoms with Crippen molar-refractivity contribution in [3.05, 3.63) is 88.3 Å². The Kier molecular flexibility index (Phi) is 6.35. The summed E-state index contributed by atoms with van der Waals surface area (Å²) in [6.45, 7) is 3.96. The molecule has 156 valence electrons. The second-order valence-corrected chi connectivity index (χ2v) is 8.45. The van der Waals surface area contributed by atoms with Crippen molar-refractivity contribution in [1.29, 1.82) is 0 Å². The molecule has 0 bridgehead atoms. The number of anilines is 1. The van der Waals surface area contributed by atoms with Gasteiger partial charge in [-0.2, -0.15) is 0 Å². The molecular weight excluding hydrogens is 428 g/mol. The molecule has 0 unspecified atom stereocenters. The molecule has 0 saturated heterocycles. The number of nitrogens with zero attached hydrogens (tertiary/aromatic N) is 1. The number of hydrogen-bond acceptors (Lipinski definition) is 4. The second kappa shape index (κ2) is 9.33. The van der Waals surface area contributed by atoms with Crippen LogP contribution in [0.2, 0.25) is 5.02 Å². The quantitative estimate of drug-likeness (QED) is 0.354. The fraction of sp³-hybridized carbons (Fsp3) is 0.120. The summed E-state index contributed by atoms with van der Waals surface area (Å²) in [7, 11) is 0. The lowest BCUT2D eigenvalue weighted by Crippen LogP contribution is -2.20. The van der Waals surface area contributed by atoms with E-state index in [0.29, 0.717) is 10.7 Å². The molecule has 0 spiro atoms. The summed E-state index contributed by atoms with van der Waals surface area (Å²) < 4.78 is 5.67. The molecule has 1 amide bonds. The predicted molar refractivity (Wildman–Crippen MR) is 128 cm³/mol. The minimum absolute atomic E-state index is 0.0391. The number of amides is 1. The van der Waals surface area contributed by atoms with Crippen molar-refractivity contribution in [3.63, 3.8) is 0 Å². The average Bonchev–Trinajstić information content (AvgIpc) is 3.26. The summed E-state index contributed by atoms with van der Waals surface area (Å²) in [6.07, 6.45) is 0. The van der Waals surface area contributed by atoms with Crippen LogP contribution in [0.5, 0.6) is 5.75 Å². The Bertz CT molecular complexity index is 1200. The van der Waals surface area contributed by atoms with Crippen molar-refractivity contribution >= 4 is 34.5 Å². The van der Waals surface area contributed by atoms with Crippen molar-refractivity contribution in [2.75, 3.05) is 11.9 Å². The maximum Gasteiger partial charge on any atom is 0.262 e. The lowest BCUT2D eigenvalue weighted by atomic mass is 10.1. The second-order valence-electron chi connectivity index (χ2n) is 7.16. The van der Waals surface area contributed by atoms with Gasteiger partial charge in [0.15, 0.2) is 6.61 Å². The molecule has 0 atom stereocenters. The first-order valence-electron chi connectivity index (χ1n) is 9.80. The fourth-order valence-electron chi connectivity index (χ4n) is 3.08. The molecule has 4 rings (SSSR count). The van der Waals surface area contributed by atoms with Crippen LogP contribution in [0, 0.1) is 13.8 Å². The number of aromatic nitrogens is 1. The summed E-state index contributed by atoms with van der Waals surface area (Å²) in [5, 5.41) is 6.53. The summed E-state index contributed by atoms with van der Waals surface area (Å²) in [5.41, 5.74) is 5.81. The van der Waals surface area contributed by atoms with Gasteiger partial charge in [-0.3, -0.25) is 4.79 Å². The van der Waals surface area contributed by atoms with E-state index in [-0.39, 0.29) is 12.5 Å². The molecule has 31 heavy (non-hydrogen) atoms. The summed E-state index contributed by atoms with van der Waals surface area (Å²) in [6, 6.07) is 21.1. The molecule has 1 heterocycles. The third-order valence-corrected chi connectivity index (χ3v) is 6.12. The molecule has 0 saturated carbocycles. The molecule has 0 aliphatic heterocycles. The van der Waals surface area contributed by atoms with Crippen molar-refractivity contribution < 1.29 is 9.53 Å². The predicted octanol–water partition coefficient (Wildman–Crippen LogP) is 6.76. The summed E-state index contributed by atoms with van der Waals surface area (Å²) in [5.74, 6) is 0.526. The molecule has 0 aliphatic rings. The van der Waals surface area contributed by atoms with E-state index in [0.717, 1.165) is 38.7 Å². The third kappa shape index (κ3) is 5.13. The standard InChI is InChI=1S/C25H21ClN2O2S/c1-16-4-3-5-23(17(16)2)30-14-24(29)27-21-12-8-18(9-13-21)22-15-31-25(28-22)19-6-10-20(26)11-7-19/h3-13,15H,14H2,1-2H3,(H,27,29). The van der Waals surface area contributed by atoms with Crippen LogP contribution in [0.3, 0.4) is 0 Å². The zero-order valence-electron chi connectivity index (χ0n) is 17.2. The number of rotatable bonds is 6. The average molecular weight is 449 g/mol. The number of halogens is 1. The Morgan fingerprint density at radius 2 is 1.71 bits per heavy atom. The first-order valence-corrected chi connectivity index (χ1v) is 11.1. The van der Waals surface area contributed by atoms with E-state index in [1.165, 1.54) is 0 Å². The monoisotopic (exact) mass is 448 g/mol. The number of thiazole rings is 1. The summed E-state index contributed by atoms with van der Waals surface area (Å²) >= 11 is 7.54. The first-order chi connectivity index (χ1) is 15.0. The Hall–Kier alpha value is -3.15. The highest BCUT2D eigenvalue weighted by Crippen LogP contribution is 2.30. The Morgan fingerprint density at radius 3 is 2.45 bits per heavy atom. The van der Waals surface area contributed by atoms with Gasteiger partial charge >= 0.3 is 0 Å². The zero-order chi connectivity index (χ0) is 21.8. The van der Waals surface area contributed by atoms with Gasteiger partial charge in [-0.25, -0.2) is 4.98 Å². The van der Waals surface area contributed by atoms with E-state index in [1.54, 1.807) is 11.3 Å². The van der Waals surface area contributed by atoms with Crippen molar-refractivity contribution in [2.24, 2.45) is 0 Å². The Labute approximate surface area is 190 Å². The molecule has 4 nitrogen and oxygen atoms in total. The number of nitrogens with one attached hydrogen (secondary N) is 1. The van der Waals surface area contributed by atoms with Gasteiger partial charge in [0.05, 0.1) is 5.69 Å². The molecule has 6 heteroatoms. The van der Waals surface area contributed by atoms with Crippen LogP contribution in [0.25, 0.3) is 21.8 Å². The van der Waals surface area contributed by atoms with Crippen LogP contribution < -0.4 is 10.1 Å². The summed E-state index contributed by atoms with van der Waals surface area (Å²) in [4.78, 5) is 17.0. The molecule has 3 aromatic carbocycles. The van der Waals surface area contributed by atoms with Crippen LogP contribution in [0.1, 0.15) is 11.1 Å². The molecular formula is C25H21ClN2O2S. The van der Waals surface area contributed by atoms with Gasteiger partial charge in [0, 0.05) is 27.2 Å². The number of carbonyl (C=O) groups excluding carboxylic acids is 1. The van der Waals surface area contributed by atoms with Gasteiger partial charge in [-0.1, -0.05) is 48.0 Å². The number of aryl methyl sites for hydroxylation is 1. The molecule has 0 fully saturated rings. The number of hydrogen-bond donors (Lipinski definition) is 1. The molecule has 1 N–H and O–H groups in total. The van der Waals surface area contributed by atoms with E-state index in [1.807, 2.05) is 86.0 Å². The van der Waals surface area contributed by atoms with E-state index in [2.05, 4.69) is 5.32 Å². The molecule has 1 aromatic heterocycles. The number of benzene rings is 3. The van der Waals surface area contributed by atoms with Crippen molar-refractivity contribution in [3.8, 4) is 27.6 Å². The van der Waals surface area contributed by atoms with Gasteiger partial charge in [0.1, 0.15) is 10.8 Å². The van der Waals surface area contributed by atoms with E-state index < -0.39 is 0 Å². The van der Waals surface area contributed by atoms with Crippen molar-refractivity contribution in [1.82, 2.24) is 4.98 Å². The molecule has 4 aromatic rings. The highest BCUT2D eigenvalue weighted by Gasteiger charge is 2.09. The van der Waals surface area contributed by atoms with Crippen LogP contribution >= 0.6 is 22.9 Å². The van der Waals surface area contributed by atoms with Gasteiger partial charge in [-0.15, -0.1) is 11.3 Å². The first kappa shape index (κ1) is 21.1. The van der Waals surface area contributed by atoms with Crippen LogP contribution in [-0.2, 0) is 4.79 Å². The van der Waals surface area contributed by atoms with Crippen molar-refractivity contribution in [2.45, 2.75) is 13.8 Å². The van der Waals surface area contributed by atoms with Gasteiger partial charge < -0.3 is 10.1 Å². The molecule has 0 radical (unpaired) electrons. The maximum absolute atomic E-state index is 12.3. The third-order valence-electron chi connectivity index (χ3n) is 4.97. The normalized spacial score (nSPS) is 10.7. The number of ether oxygens (including phenoxy) is 1. The highest BCUT2D eigenvalue weighted by molar-refractivity contribution is 7.13. The Morgan fingerprint density at radius 1 is 1.00 bits per heavy atom. The number of carbonyl (C=O) groups is 1. The van der Waals surface area contributed by atoms with Crippen LogP contribution in [0.4, 0.5) is 5.69 Å². The fourth-order valence-corrected chi connectivity index (χ4v) is 4.04. The van der Waals surface area contributed by atoms with Crippen LogP contribution in [-0.4, -0.2) is 17.5 Å². The highest BCUT2D eigenvalue weighted by atomic mass is 35.5. The lowest BCUT2D eigenvalue weighted by molar-refractivity contribution is -0.118. The van der Waals surface area contributed by atoms with E-state index >= 15 is 0 Å². The minimum atomic E-state index is -0.202. The minimum Gasteiger partial charge on any atom is -0.483 e. The van der Waals surface area contributed by atoms with Gasteiger partial charge in [-0.05, 0) is 55.3 Å². The van der Waals surface area contributed by atoms with Gasteiger partial charge in [0.2, 0.25) is 0 Å². The smallest absolute Gasteiger partial charge is 0.262 e. The lowest BCUT2D eigenvalue weighted by Gasteiger charge is -2.11. The van der Waals surface area contributed by atoms with E-state index in [9.17, 15) is 4.79 Å². The topological polar surface area (TPSA) is 51.2 Å².